The molecule has 124 valence electrons. The predicted molar refractivity (Wildman–Crippen MR) is 90.6 cm³/mol. The summed E-state index contributed by atoms with van der Waals surface area (Å²) in [5.74, 6) is 0.0943. The molecule has 7 nitrogen and oxygen atoms in total. The van der Waals surface area contributed by atoms with Gasteiger partial charge in [0.1, 0.15) is 11.6 Å². The molecule has 0 bridgehead atoms. The number of carbonyl (C=O) groups is 2. The van der Waals surface area contributed by atoms with Crippen molar-refractivity contribution in [2.24, 2.45) is 0 Å². The molecule has 3 rings (SSSR count). The van der Waals surface area contributed by atoms with Gasteiger partial charge in [0.15, 0.2) is 0 Å². The minimum absolute atomic E-state index is 0.389. The summed E-state index contributed by atoms with van der Waals surface area (Å²) in [7, 11) is 0. The molecule has 3 heterocycles. The van der Waals surface area contributed by atoms with Gasteiger partial charge >= 0.3 is 11.8 Å². The Hall–Kier alpha value is -2.96. The molecule has 1 saturated heterocycles. The second-order valence-electron chi connectivity index (χ2n) is 5.59. The third-order valence-corrected chi connectivity index (χ3v) is 3.86. The van der Waals surface area contributed by atoms with E-state index in [0.29, 0.717) is 32.0 Å². The van der Waals surface area contributed by atoms with Crippen LogP contribution in [0.25, 0.3) is 0 Å². The van der Waals surface area contributed by atoms with Crippen LogP contribution >= 0.6 is 0 Å². The highest BCUT2D eigenvalue weighted by Crippen LogP contribution is 2.13. The Morgan fingerprint density at radius 3 is 2.50 bits per heavy atom. The second kappa shape index (κ2) is 7.08. The van der Waals surface area contributed by atoms with Crippen LogP contribution in [0.5, 0.6) is 0 Å². The van der Waals surface area contributed by atoms with Crippen LogP contribution in [0, 0.1) is 6.92 Å². The van der Waals surface area contributed by atoms with E-state index >= 15 is 0 Å². The first-order valence-corrected chi connectivity index (χ1v) is 7.83. The Morgan fingerprint density at radius 1 is 1.04 bits per heavy atom. The normalized spacial score (nSPS) is 14.4. The zero-order chi connectivity index (χ0) is 16.9. The van der Waals surface area contributed by atoms with Gasteiger partial charge in [-0.1, -0.05) is 12.1 Å². The van der Waals surface area contributed by atoms with E-state index in [1.807, 2.05) is 31.2 Å². The summed E-state index contributed by atoms with van der Waals surface area (Å²) in [5, 5.41) is 2.56. The van der Waals surface area contributed by atoms with Gasteiger partial charge in [-0.2, -0.15) is 0 Å². The summed E-state index contributed by atoms with van der Waals surface area (Å²) in [4.78, 5) is 36.5. The van der Waals surface area contributed by atoms with Crippen molar-refractivity contribution in [2.45, 2.75) is 6.92 Å². The molecule has 2 aromatic rings. The molecular formula is C17H19N5O2. The summed E-state index contributed by atoms with van der Waals surface area (Å²) in [5.41, 5.74) is 0.782. The van der Waals surface area contributed by atoms with Crippen molar-refractivity contribution in [3.63, 3.8) is 0 Å². The van der Waals surface area contributed by atoms with Crippen LogP contribution in [0.15, 0.2) is 42.6 Å². The van der Waals surface area contributed by atoms with Crippen molar-refractivity contribution in [2.75, 3.05) is 36.4 Å². The Balaban J connectivity index is 1.56. The van der Waals surface area contributed by atoms with Crippen molar-refractivity contribution in [1.82, 2.24) is 14.9 Å². The fourth-order valence-corrected chi connectivity index (χ4v) is 2.61. The highest BCUT2D eigenvalue weighted by Gasteiger charge is 2.26. The zero-order valence-corrected chi connectivity index (χ0v) is 13.5. The molecule has 24 heavy (non-hydrogen) atoms. The molecule has 1 aliphatic rings. The van der Waals surface area contributed by atoms with E-state index in [1.165, 1.54) is 0 Å². The van der Waals surface area contributed by atoms with Gasteiger partial charge in [-0.05, 0) is 31.2 Å². The van der Waals surface area contributed by atoms with Gasteiger partial charge in [0.05, 0.1) is 0 Å². The SMILES string of the molecule is Cc1cccc(NC(=O)C(=O)N2CCN(c3ccccn3)CC2)n1. The lowest BCUT2D eigenvalue weighted by molar-refractivity contribution is -0.143. The quantitative estimate of drug-likeness (QED) is 0.836. The number of amides is 2. The molecule has 0 aromatic carbocycles. The Bertz CT molecular complexity index is 727. The molecule has 0 unspecified atom stereocenters. The molecule has 1 aliphatic heterocycles. The molecule has 1 N–H and O–H groups in total. The van der Waals surface area contributed by atoms with Gasteiger partial charge in [0.2, 0.25) is 0 Å². The summed E-state index contributed by atoms with van der Waals surface area (Å²) in [6.07, 6.45) is 1.75. The third-order valence-electron chi connectivity index (χ3n) is 3.86. The van der Waals surface area contributed by atoms with Crippen LogP contribution in [0.3, 0.4) is 0 Å². The summed E-state index contributed by atoms with van der Waals surface area (Å²) < 4.78 is 0. The largest absolute Gasteiger partial charge is 0.353 e. The molecule has 1 fully saturated rings. The van der Waals surface area contributed by atoms with Gasteiger partial charge in [-0.25, -0.2) is 9.97 Å². The van der Waals surface area contributed by atoms with Crippen molar-refractivity contribution in [1.29, 1.82) is 0 Å². The van der Waals surface area contributed by atoms with E-state index in [9.17, 15) is 9.59 Å². The van der Waals surface area contributed by atoms with Gasteiger partial charge in [-0.15, -0.1) is 0 Å². The van der Waals surface area contributed by atoms with Gasteiger partial charge in [0, 0.05) is 38.1 Å². The summed E-state index contributed by atoms with van der Waals surface area (Å²) in [6.45, 7) is 4.11. The Morgan fingerprint density at radius 2 is 1.83 bits per heavy atom. The number of hydrogen-bond donors (Lipinski definition) is 1. The number of piperazine rings is 1. The average molecular weight is 325 g/mol. The lowest BCUT2D eigenvalue weighted by Crippen LogP contribution is -2.51. The van der Waals surface area contributed by atoms with E-state index < -0.39 is 11.8 Å². The minimum Gasteiger partial charge on any atom is -0.353 e. The maximum Gasteiger partial charge on any atom is 0.315 e. The fraction of sp³-hybridized carbons (Fsp3) is 0.294. The van der Waals surface area contributed by atoms with E-state index in [-0.39, 0.29) is 0 Å². The standard InChI is InChI=1S/C17H19N5O2/c1-13-5-4-6-14(19-13)20-16(23)17(24)22-11-9-21(10-12-22)15-7-2-3-8-18-15/h2-8H,9-12H2,1H3,(H,19,20,23). The van der Waals surface area contributed by atoms with Crippen LogP contribution in [0.4, 0.5) is 11.6 Å². The smallest absolute Gasteiger partial charge is 0.315 e. The van der Waals surface area contributed by atoms with Crippen LogP contribution < -0.4 is 10.2 Å². The van der Waals surface area contributed by atoms with E-state index in [2.05, 4.69) is 20.2 Å². The average Bonchev–Trinajstić information content (AvgIpc) is 2.62. The number of carbonyl (C=O) groups excluding carboxylic acids is 2. The number of nitrogens with zero attached hydrogens (tertiary/aromatic N) is 4. The number of aryl methyl sites for hydroxylation is 1. The molecular weight excluding hydrogens is 306 g/mol. The number of pyridine rings is 2. The van der Waals surface area contributed by atoms with Crippen molar-refractivity contribution in [3.8, 4) is 0 Å². The van der Waals surface area contributed by atoms with Gasteiger partial charge in [0.25, 0.3) is 0 Å². The molecule has 0 aliphatic carbocycles. The summed E-state index contributed by atoms with van der Waals surface area (Å²) >= 11 is 0. The third kappa shape index (κ3) is 3.68. The lowest BCUT2D eigenvalue weighted by Gasteiger charge is -2.34. The van der Waals surface area contributed by atoms with E-state index in [1.54, 1.807) is 23.2 Å². The molecule has 7 heteroatoms. The van der Waals surface area contributed by atoms with Gasteiger partial charge in [-0.3, -0.25) is 9.59 Å². The number of rotatable bonds is 2. The van der Waals surface area contributed by atoms with Crippen LogP contribution in [-0.2, 0) is 9.59 Å². The van der Waals surface area contributed by atoms with Crippen molar-refractivity contribution < 1.29 is 9.59 Å². The molecule has 0 radical (unpaired) electrons. The first-order chi connectivity index (χ1) is 11.6. The van der Waals surface area contributed by atoms with Crippen LogP contribution in [0.2, 0.25) is 0 Å². The monoisotopic (exact) mass is 325 g/mol. The number of anilines is 2. The van der Waals surface area contributed by atoms with Crippen molar-refractivity contribution >= 4 is 23.5 Å². The lowest BCUT2D eigenvalue weighted by atomic mass is 10.3. The zero-order valence-electron chi connectivity index (χ0n) is 13.5. The maximum atomic E-state index is 12.3. The Labute approximate surface area is 140 Å². The van der Waals surface area contributed by atoms with Crippen LogP contribution in [-0.4, -0.2) is 52.9 Å². The maximum absolute atomic E-state index is 12.3. The van der Waals surface area contributed by atoms with Gasteiger partial charge < -0.3 is 15.1 Å². The second-order valence-corrected chi connectivity index (χ2v) is 5.59. The molecule has 2 aromatic heterocycles. The highest BCUT2D eigenvalue weighted by atomic mass is 16.2. The van der Waals surface area contributed by atoms with Crippen molar-refractivity contribution in [3.05, 3.63) is 48.3 Å². The molecule has 0 atom stereocenters. The molecule has 0 saturated carbocycles. The first-order valence-electron chi connectivity index (χ1n) is 7.83. The Kier molecular flexibility index (Phi) is 4.69. The van der Waals surface area contributed by atoms with E-state index in [0.717, 1.165) is 11.5 Å². The molecule has 0 spiro atoms. The topological polar surface area (TPSA) is 78.4 Å². The minimum atomic E-state index is -0.653. The first kappa shape index (κ1) is 15.9. The fourth-order valence-electron chi connectivity index (χ4n) is 2.61. The van der Waals surface area contributed by atoms with E-state index in [4.69, 9.17) is 0 Å². The highest BCUT2D eigenvalue weighted by molar-refractivity contribution is 6.39. The predicted octanol–water partition coefficient (Wildman–Crippen LogP) is 1.07. The summed E-state index contributed by atoms with van der Waals surface area (Å²) in [6, 6.07) is 11.0. The van der Waals surface area contributed by atoms with Crippen LogP contribution in [0.1, 0.15) is 5.69 Å². The molecule has 2 amide bonds. The number of nitrogens with one attached hydrogen (secondary N) is 1. The number of hydrogen-bond acceptors (Lipinski definition) is 5. The number of aromatic nitrogens is 2.